The molecule has 3 nitrogen and oxygen atoms in total. The van der Waals surface area contributed by atoms with Crippen molar-refractivity contribution in [2.45, 2.75) is 0 Å². The molecule has 9 aromatic rings. The normalized spacial score (nSPS) is 11.7. The maximum Gasteiger partial charge on any atom is 0.177 e. The molecular formula is C50H33NO2. The van der Waals surface area contributed by atoms with Crippen LogP contribution < -0.4 is 14.4 Å². The van der Waals surface area contributed by atoms with E-state index in [1.807, 2.05) is 36.4 Å². The number of para-hydroxylation sites is 1. The first-order chi connectivity index (χ1) is 26.2. The van der Waals surface area contributed by atoms with Gasteiger partial charge in [-0.1, -0.05) is 140 Å². The highest BCUT2D eigenvalue weighted by Crippen LogP contribution is 2.49. The van der Waals surface area contributed by atoms with Crippen LogP contribution in [0, 0.1) is 0 Å². The standard InChI is InChI=1S/C50H33NO2/c1-2-9-34(10-3-1)36-21-27-42(28-22-36)51(43-29-23-37(24-30-43)41-20-19-35-11-4-5-12-40(35)33-41)44-31-25-38(26-32-44)45-15-8-18-48-50(45)53-47-17-7-14-39-13-6-16-46(52-48)49(39)47/h1-33H. The van der Waals surface area contributed by atoms with E-state index in [9.17, 15) is 0 Å². The Balaban J connectivity index is 1.03. The van der Waals surface area contributed by atoms with E-state index in [1.54, 1.807) is 0 Å². The van der Waals surface area contributed by atoms with Crippen molar-refractivity contribution in [2.24, 2.45) is 0 Å². The molecule has 0 saturated heterocycles. The fraction of sp³-hybridized carbons (Fsp3) is 0. The minimum Gasteiger partial charge on any atom is -0.453 e. The third-order valence-corrected chi connectivity index (χ3v) is 10.1. The maximum atomic E-state index is 6.66. The monoisotopic (exact) mass is 679 g/mol. The van der Waals surface area contributed by atoms with Crippen LogP contribution in [0.4, 0.5) is 17.1 Å². The van der Waals surface area contributed by atoms with E-state index in [-0.39, 0.29) is 0 Å². The highest BCUT2D eigenvalue weighted by Gasteiger charge is 2.22. The molecule has 250 valence electrons. The van der Waals surface area contributed by atoms with E-state index in [4.69, 9.17) is 9.47 Å². The van der Waals surface area contributed by atoms with Crippen molar-refractivity contribution in [2.75, 3.05) is 4.90 Å². The summed E-state index contributed by atoms with van der Waals surface area (Å²) in [6.45, 7) is 0. The minimum atomic E-state index is 0.696. The first-order valence-corrected chi connectivity index (χ1v) is 17.9. The van der Waals surface area contributed by atoms with Crippen molar-refractivity contribution in [1.82, 2.24) is 0 Å². The van der Waals surface area contributed by atoms with Gasteiger partial charge in [-0.25, -0.2) is 0 Å². The molecule has 1 aliphatic rings. The molecule has 0 radical (unpaired) electrons. The Kier molecular flexibility index (Phi) is 7.47. The zero-order chi connectivity index (χ0) is 35.1. The molecule has 0 saturated carbocycles. The van der Waals surface area contributed by atoms with Crippen LogP contribution in [0.1, 0.15) is 0 Å². The van der Waals surface area contributed by atoms with Gasteiger partial charge in [-0.05, 0) is 105 Å². The molecule has 9 aromatic carbocycles. The molecular weight excluding hydrogens is 647 g/mol. The van der Waals surface area contributed by atoms with Gasteiger partial charge >= 0.3 is 0 Å². The molecule has 0 unspecified atom stereocenters. The van der Waals surface area contributed by atoms with E-state index < -0.39 is 0 Å². The summed E-state index contributed by atoms with van der Waals surface area (Å²) in [6.07, 6.45) is 0. The Bertz CT molecular complexity index is 2750. The zero-order valence-electron chi connectivity index (χ0n) is 28.8. The Morgan fingerprint density at radius 1 is 0.302 bits per heavy atom. The van der Waals surface area contributed by atoms with Crippen LogP contribution in [0.3, 0.4) is 0 Å². The van der Waals surface area contributed by atoms with Crippen molar-refractivity contribution in [3.63, 3.8) is 0 Å². The first kappa shape index (κ1) is 30.7. The minimum absolute atomic E-state index is 0.696. The Labute approximate surface area is 308 Å². The number of ether oxygens (including phenoxy) is 2. The van der Waals surface area contributed by atoms with Gasteiger partial charge in [0.2, 0.25) is 0 Å². The molecule has 0 fully saturated rings. The fourth-order valence-electron chi connectivity index (χ4n) is 7.44. The lowest BCUT2D eigenvalue weighted by atomic mass is 10.0. The van der Waals surface area contributed by atoms with Crippen LogP contribution in [0.2, 0.25) is 0 Å². The summed E-state index contributed by atoms with van der Waals surface area (Å²) in [5.41, 5.74) is 9.97. The summed E-state index contributed by atoms with van der Waals surface area (Å²) in [5.74, 6) is 2.99. The fourth-order valence-corrected chi connectivity index (χ4v) is 7.44. The van der Waals surface area contributed by atoms with Crippen LogP contribution >= 0.6 is 0 Å². The van der Waals surface area contributed by atoms with Crippen LogP contribution in [0.25, 0.3) is 54.9 Å². The summed E-state index contributed by atoms with van der Waals surface area (Å²) in [4.78, 5) is 2.31. The lowest BCUT2D eigenvalue weighted by molar-refractivity contribution is 0.440. The molecule has 0 spiro atoms. The number of fused-ring (bicyclic) bond motifs is 2. The molecule has 0 bridgehead atoms. The van der Waals surface area contributed by atoms with E-state index in [0.717, 1.165) is 50.5 Å². The molecule has 0 amide bonds. The Morgan fingerprint density at radius 3 is 1.47 bits per heavy atom. The summed E-state index contributed by atoms with van der Waals surface area (Å²) >= 11 is 0. The molecule has 0 aliphatic carbocycles. The van der Waals surface area contributed by atoms with Crippen molar-refractivity contribution in [3.8, 4) is 56.4 Å². The first-order valence-electron chi connectivity index (χ1n) is 17.9. The van der Waals surface area contributed by atoms with Crippen molar-refractivity contribution < 1.29 is 9.47 Å². The van der Waals surface area contributed by atoms with Gasteiger partial charge in [-0.15, -0.1) is 0 Å². The van der Waals surface area contributed by atoms with Gasteiger partial charge in [0, 0.05) is 22.6 Å². The molecule has 0 atom stereocenters. The summed E-state index contributed by atoms with van der Waals surface area (Å²) in [7, 11) is 0. The molecule has 3 heteroatoms. The second-order valence-corrected chi connectivity index (χ2v) is 13.4. The van der Waals surface area contributed by atoms with Gasteiger partial charge in [0.05, 0.1) is 5.39 Å². The van der Waals surface area contributed by atoms with Gasteiger partial charge in [0.1, 0.15) is 11.5 Å². The predicted octanol–water partition coefficient (Wildman–Crippen LogP) is 14.4. The molecule has 0 N–H and O–H groups in total. The van der Waals surface area contributed by atoms with Gasteiger partial charge in [0.15, 0.2) is 11.5 Å². The van der Waals surface area contributed by atoms with Crippen LogP contribution in [0.5, 0.6) is 23.0 Å². The average molecular weight is 680 g/mol. The third kappa shape index (κ3) is 5.65. The maximum absolute atomic E-state index is 6.66. The lowest BCUT2D eigenvalue weighted by Gasteiger charge is -2.26. The SMILES string of the molecule is c1ccc(-c2ccc(N(c3ccc(-c4ccc5ccccc5c4)cc3)c3ccc(-c4cccc5c4Oc4cccc6cccc(c46)O5)cc3)cc2)cc1. The molecule has 10 rings (SSSR count). The summed E-state index contributed by atoms with van der Waals surface area (Å²) in [6, 6.07) is 70.4. The summed E-state index contributed by atoms with van der Waals surface area (Å²) in [5, 5.41) is 4.55. The Morgan fingerprint density at radius 2 is 0.792 bits per heavy atom. The highest BCUT2D eigenvalue weighted by molar-refractivity contribution is 5.95. The van der Waals surface area contributed by atoms with Crippen molar-refractivity contribution >= 4 is 38.6 Å². The van der Waals surface area contributed by atoms with Crippen molar-refractivity contribution in [3.05, 3.63) is 200 Å². The lowest BCUT2D eigenvalue weighted by Crippen LogP contribution is -2.09. The topological polar surface area (TPSA) is 21.7 Å². The van der Waals surface area contributed by atoms with E-state index >= 15 is 0 Å². The molecule has 1 heterocycles. The van der Waals surface area contributed by atoms with E-state index in [0.29, 0.717) is 11.5 Å². The largest absolute Gasteiger partial charge is 0.453 e. The average Bonchev–Trinajstić information content (AvgIpc) is 3.39. The predicted molar refractivity (Wildman–Crippen MR) is 219 cm³/mol. The van der Waals surface area contributed by atoms with E-state index in [2.05, 4.69) is 169 Å². The highest BCUT2D eigenvalue weighted by atomic mass is 16.5. The van der Waals surface area contributed by atoms with Crippen LogP contribution in [-0.4, -0.2) is 0 Å². The quantitative estimate of drug-likeness (QED) is 0.175. The van der Waals surface area contributed by atoms with Crippen molar-refractivity contribution in [1.29, 1.82) is 0 Å². The number of hydrogen-bond donors (Lipinski definition) is 0. The van der Waals surface area contributed by atoms with Gasteiger partial charge in [0.25, 0.3) is 0 Å². The summed E-state index contributed by atoms with van der Waals surface area (Å²) < 4.78 is 13.1. The smallest absolute Gasteiger partial charge is 0.177 e. The number of rotatable bonds is 6. The van der Waals surface area contributed by atoms with Gasteiger partial charge < -0.3 is 14.4 Å². The number of hydrogen-bond acceptors (Lipinski definition) is 3. The van der Waals surface area contributed by atoms with Crippen LogP contribution in [-0.2, 0) is 0 Å². The second kappa shape index (κ2) is 12.9. The van der Waals surface area contributed by atoms with Gasteiger partial charge in [-0.3, -0.25) is 0 Å². The van der Waals surface area contributed by atoms with Gasteiger partial charge in [-0.2, -0.15) is 0 Å². The Hall–Kier alpha value is -7.10. The number of anilines is 3. The number of nitrogens with zero attached hydrogens (tertiary/aromatic N) is 1. The molecule has 53 heavy (non-hydrogen) atoms. The van der Waals surface area contributed by atoms with E-state index in [1.165, 1.54) is 33.0 Å². The molecule has 0 aromatic heterocycles. The molecule has 1 aliphatic heterocycles. The number of benzene rings is 9. The zero-order valence-corrected chi connectivity index (χ0v) is 28.8. The van der Waals surface area contributed by atoms with Crippen LogP contribution in [0.15, 0.2) is 200 Å². The second-order valence-electron chi connectivity index (χ2n) is 13.4. The third-order valence-electron chi connectivity index (χ3n) is 10.1.